The molecule has 1 aromatic carbocycles. The Morgan fingerprint density at radius 1 is 1.47 bits per heavy atom. The first-order valence-corrected chi connectivity index (χ1v) is 8.85. The van der Waals surface area contributed by atoms with Crippen LogP contribution in [0.1, 0.15) is 17.3 Å². The van der Waals surface area contributed by atoms with Gasteiger partial charge < -0.3 is 9.84 Å². The van der Waals surface area contributed by atoms with Crippen LogP contribution in [0.5, 0.6) is 5.75 Å². The summed E-state index contributed by atoms with van der Waals surface area (Å²) in [5, 5.41) is 8.83. The highest BCUT2D eigenvalue weighted by Crippen LogP contribution is 2.28. The van der Waals surface area contributed by atoms with Gasteiger partial charge in [0.1, 0.15) is 10.6 Å². The summed E-state index contributed by atoms with van der Waals surface area (Å²) in [6, 6.07) is 3.57. The zero-order chi connectivity index (χ0) is 14.5. The molecule has 0 amide bonds. The molecule has 0 atom stereocenters. The Morgan fingerprint density at radius 2 is 2.16 bits per heavy atom. The summed E-state index contributed by atoms with van der Waals surface area (Å²) >= 11 is 1.65. The zero-order valence-corrected chi connectivity index (χ0v) is 12.5. The Labute approximate surface area is 120 Å². The van der Waals surface area contributed by atoms with Crippen LogP contribution in [0.15, 0.2) is 23.1 Å². The number of carbonyl (C=O) groups is 1. The number of hydrogen-bond donors (Lipinski definition) is 1. The van der Waals surface area contributed by atoms with Crippen molar-refractivity contribution < 1.29 is 23.1 Å². The topological polar surface area (TPSA) is 80.7 Å². The van der Waals surface area contributed by atoms with Crippen molar-refractivity contribution in [3.63, 3.8) is 0 Å². The van der Waals surface area contributed by atoms with Crippen molar-refractivity contribution in [2.45, 2.75) is 11.8 Å². The molecule has 1 rings (SSSR count). The molecule has 0 saturated carbocycles. The first kappa shape index (κ1) is 16.1. The van der Waals surface area contributed by atoms with E-state index in [4.69, 9.17) is 20.5 Å². The van der Waals surface area contributed by atoms with Crippen molar-refractivity contribution in [2.24, 2.45) is 0 Å². The van der Waals surface area contributed by atoms with Crippen molar-refractivity contribution in [2.75, 3.05) is 18.1 Å². The van der Waals surface area contributed by atoms with Crippen LogP contribution >= 0.6 is 22.4 Å². The third-order valence-corrected chi connectivity index (χ3v) is 4.35. The van der Waals surface area contributed by atoms with Gasteiger partial charge in [0.15, 0.2) is 0 Å². The minimum atomic E-state index is -4.06. The highest BCUT2D eigenvalue weighted by Gasteiger charge is 2.19. The van der Waals surface area contributed by atoms with E-state index in [1.165, 1.54) is 12.1 Å². The van der Waals surface area contributed by atoms with Crippen molar-refractivity contribution in [3.8, 4) is 5.75 Å². The molecule has 1 N–H and O–H groups in total. The van der Waals surface area contributed by atoms with Gasteiger partial charge in [-0.3, -0.25) is 0 Å². The minimum Gasteiger partial charge on any atom is -0.491 e. The van der Waals surface area contributed by atoms with E-state index >= 15 is 0 Å². The predicted molar refractivity (Wildman–Crippen MR) is 74.9 cm³/mol. The van der Waals surface area contributed by atoms with Crippen molar-refractivity contribution >= 4 is 37.5 Å². The highest BCUT2D eigenvalue weighted by molar-refractivity contribution is 8.13. The third-order valence-electron chi connectivity index (χ3n) is 2.14. The lowest BCUT2D eigenvalue weighted by molar-refractivity contribution is 0.0696. The summed E-state index contributed by atoms with van der Waals surface area (Å²) in [4.78, 5) is 10.5. The van der Waals surface area contributed by atoms with Crippen LogP contribution in [-0.4, -0.2) is 37.6 Å². The first-order chi connectivity index (χ1) is 8.86. The molecule has 0 aromatic heterocycles. The average Bonchev–Trinajstić information content (AvgIpc) is 2.33. The van der Waals surface area contributed by atoms with Crippen molar-refractivity contribution in [3.05, 3.63) is 23.8 Å². The maximum atomic E-state index is 11.4. The fraction of sp³-hybridized carbons (Fsp3) is 0.364. The van der Waals surface area contributed by atoms with Gasteiger partial charge in [-0.15, -0.1) is 0 Å². The van der Waals surface area contributed by atoms with Crippen LogP contribution in [0.2, 0.25) is 0 Å². The van der Waals surface area contributed by atoms with Crippen LogP contribution in [0.3, 0.4) is 0 Å². The maximum Gasteiger partial charge on any atom is 0.335 e. The summed E-state index contributed by atoms with van der Waals surface area (Å²) in [5.74, 6) is 0.479. The Morgan fingerprint density at radius 3 is 2.68 bits per heavy atom. The second kappa shape index (κ2) is 7.02. The van der Waals surface area contributed by atoms with E-state index < -0.39 is 15.0 Å². The molecule has 5 nitrogen and oxygen atoms in total. The molecule has 8 heteroatoms. The summed E-state index contributed by atoms with van der Waals surface area (Å²) in [7, 11) is 1.22. The molecule has 0 radical (unpaired) electrons. The van der Waals surface area contributed by atoms with Gasteiger partial charge in [0.05, 0.1) is 12.2 Å². The normalized spacial score (nSPS) is 11.3. The number of ether oxygens (including phenoxy) is 1. The molecular formula is C11H13ClO5S2. The second-order valence-corrected chi connectivity index (χ2v) is 7.38. The molecule has 19 heavy (non-hydrogen) atoms. The number of carboxylic acids is 1. The van der Waals surface area contributed by atoms with Crippen LogP contribution < -0.4 is 4.74 Å². The Bertz CT molecular complexity index is 556. The monoisotopic (exact) mass is 324 g/mol. The number of carboxylic acid groups (broad SMARTS) is 1. The lowest BCUT2D eigenvalue weighted by Crippen LogP contribution is -2.06. The Kier molecular flexibility index (Phi) is 5.96. The van der Waals surface area contributed by atoms with Crippen LogP contribution in [0, 0.1) is 0 Å². The van der Waals surface area contributed by atoms with Gasteiger partial charge in [0, 0.05) is 16.4 Å². The van der Waals surface area contributed by atoms with Gasteiger partial charge in [-0.05, 0) is 24.0 Å². The lowest BCUT2D eigenvalue weighted by Gasteiger charge is -2.10. The third kappa shape index (κ3) is 4.93. The molecule has 1 aromatic rings. The fourth-order valence-corrected chi connectivity index (χ4v) is 2.79. The summed E-state index contributed by atoms with van der Waals surface area (Å²) in [6.45, 7) is 2.32. The van der Waals surface area contributed by atoms with Crippen LogP contribution in [0.25, 0.3) is 0 Å². The molecule has 0 spiro atoms. The van der Waals surface area contributed by atoms with E-state index in [0.29, 0.717) is 12.4 Å². The highest BCUT2D eigenvalue weighted by atomic mass is 35.7. The number of rotatable bonds is 7. The fourth-order valence-electron chi connectivity index (χ4n) is 1.31. The second-order valence-electron chi connectivity index (χ2n) is 3.45. The number of benzene rings is 1. The van der Waals surface area contributed by atoms with E-state index in [1.807, 2.05) is 6.92 Å². The van der Waals surface area contributed by atoms with Gasteiger partial charge in [-0.2, -0.15) is 11.8 Å². The molecule has 106 valence electrons. The Balaban J connectivity index is 3.00. The van der Waals surface area contributed by atoms with Crippen LogP contribution in [-0.2, 0) is 9.05 Å². The number of halogens is 1. The summed E-state index contributed by atoms with van der Waals surface area (Å²) in [6.07, 6.45) is 0. The van der Waals surface area contributed by atoms with E-state index in [2.05, 4.69) is 0 Å². The molecule has 0 heterocycles. The van der Waals surface area contributed by atoms with Crippen molar-refractivity contribution in [1.82, 2.24) is 0 Å². The van der Waals surface area contributed by atoms with E-state index in [-0.39, 0.29) is 16.2 Å². The summed E-state index contributed by atoms with van der Waals surface area (Å²) in [5.41, 5.74) is -0.158. The molecule has 0 aliphatic heterocycles. The maximum absolute atomic E-state index is 11.4. The van der Waals surface area contributed by atoms with E-state index in [0.717, 1.165) is 11.8 Å². The smallest absolute Gasteiger partial charge is 0.335 e. The number of hydrogen-bond acceptors (Lipinski definition) is 5. The van der Waals surface area contributed by atoms with Gasteiger partial charge in [-0.1, -0.05) is 6.92 Å². The molecule has 0 aliphatic rings. The molecule has 0 aliphatic carbocycles. The molecule has 0 fully saturated rings. The molecule has 0 saturated heterocycles. The van der Waals surface area contributed by atoms with Crippen molar-refractivity contribution in [1.29, 1.82) is 0 Å². The quantitative estimate of drug-likeness (QED) is 0.613. The Hall–Kier alpha value is -0.920. The SMILES string of the molecule is CCSCCOc1ccc(C(=O)O)cc1S(=O)(=O)Cl. The average molecular weight is 325 g/mol. The first-order valence-electron chi connectivity index (χ1n) is 5.38. The number of aromatic carboxylic acids is 1. The van der Waals surface area contributed by atoms with Crippen LogP contribution in [0.4, 0.5) is 0 Å². The van der Waals surface area contributed by atoms with Gasteiger partial charge >= 0.3 is 5.97 Å². The minimum absolute atomic E-state index is 0.0664. The van der Waals surface area contributed by atoms with Gasteiger partial charge in [0.2, 0.25) is 0 Å². The number of thioether (sulfide) groups is 1. The van der Waals surface area contributed by atoms with Gasteiger partial charge in [-0.25, -0.2) is 13.2 Å². The largest absolute Gasteiger partial charge is 0.491 e. The standard InChI is InChI=1S/C11H13ClO5S2/c1-2-18-6-5-17-9-4-3-8(11(13)14)7-10(9)19(12,15)16/h3-4,7H,2,5-6H2,1H3,(H,13,14). The molecule has 0 bridgehead atoms. The van der Waals surface area contributed by atoms with E-state index in [1.54, 1.807) is 11.8 Å². The zero-order valence-electron chi connectivity index (χ0n) is 10.1. The molecule has 0 unspecified atom stereocenters. The van der Waals surface area contributed by atoms with Gasteiger partial charge in [0.25, 0.3) is 9.05 Å². The molecular weight excluding hydrogens is 312 g/mol. The summed E-state index contributed by atoms with van der Waals surface area (Å²) < 4.78 is 28.1. The van der Waals surface area contributed by atoms with E-state index in [9.17, 15) is 13.2 Å². The lowest BCUT2D eigenvalue weighted by atomic mass is 10.2. The predicted octanol–water partition coefficient (Wildman–Crippen LogP) is 2.44.